The van der Waals surface area contributed by atoms with Crippen molar-refractivity contribution in [2.45, 2.75) is 25.7 Å². The molecule has 148 valence electrons. The van der Waals surface area contributed by atoms with Gasteiger partial charge in [-0.1, -0.05) is 5.16 Å². The highest BCUT2D eigenvalue weighted by Gasteiger charge is 2.28. The SMILES string of the molecule is COc1ccc(-c2onc(N3CCCC3)c2C(=O)NCCCCN)cc1.Cl. The van der Waals surface area contributed by atoms with Crippen LogP contribution in [0.1, 0.15) is 36.0 Å². The Balaban J connectivity index is 0.00000261. The van der Waals surface area contributed by atoms with Crippen LogP contribution >= 0.6 is 12.4 Å². The number of rotatable bonds is 8. The van der Waals surface area contributed by atoms with E-state index >= 15 is 0 Å². The van der Waals surface area contributed by atoms with Gasteiger partial charge in [0.25, 0.3) is 5.91 Å². The van der Waals surface area contributed by atoms with E-state index in [0.29, 0.717) is 30.2 Å². The first-order valence-electron chi connectivity index (χ1n) is 9.12. The summed E-state index contributed by atoms with van der Waals surface area (Å²) in [5, 5.41) is 7.19. The van der Waals surface area contributed by atoms with Crippen molar-refractivity contribution in [2.75, 3.05) is 38.2 Å². The van der Waals surface area contributed by atoms with E-state index in [0.717, 1.165) is 50.1 Å². The summed E-state index contributed by atoms with van der Waals surface area (Å²) in [5.74, 6) is 1.72. The molecule has 0 spiro atoms. The van der Waals surface area contributed by atoms with Crippen LogP contribution in [0.2, 0.25) is 0 Å². The highest BCUT2D eigenvalue weighted by molar-refractivity contribution is 6.04. The summed E-state index contributed by atoms with van der Waals surface area (Å²) in [6, 6.07) is 7.43. The molecule has 1 aromatic carbocycles. The third-order valence-corrected chi connectivity index (χ3v) is 4.58. The van der Waals surface area contributed by atoms with Gasteiger partial charge in [0.2, 0.25) is 0 Å². The third-order valence-electron chi connectivity index (χ3n) is 4.58. The molecule has 3 N–H and O–H groups in total. The van der Waals surface area contributed by atoms with Gasteiger partial charge in [0.05, 0.1) is 7.11 Å². The smallest absolute Gasteiger partial charge is 0.259 e. The van der Waals surface area contributed by atoms with Gasteiger partial charge in [0.1, 0.15) is 11.3 Å². The van der Waals surface area contributed by atoms with E-state index in [1.165, 1.54) is 0 Å². The number of ether oxygens (including phenoxy) is 1. The first kappa shape index (κ1) is 21.1. The minimum atomic E-state index is -0.156. The molecule has 1 aromatic heterocycles. The number of methoxy groups -OCH3 is 1. The largest absolute Gasteiger partial charge is 0.497 e. The molecule has 27 heavy (non-hydrogen) atoms. The Labute approximate surface area is 165 Å². The van der Waals surface area contributed by atoms with Crippen LogP contribution in [0.5, 0.6) is 5.75 Å². The molecule has 0 saturated carbocycles. The Morgan fingerprint density at radius 2 is 1.96 bits per heavy atom. The molecule has 0 unspecified atom stereocenters. The summed E-state index contributed by atoms with van der Waals surface area (Å²) in [7, 11) is 1.62. The van der Waals surface area contributed by atoms with Gasteiger partial charge in [-0.05, 0) is 56.5 Å². The number of carbonyl (C=O) groups excluding carboxylic acids is 1. The van der Waals surface area contributed by atoms with Gasteiger partial charge in [-0.25, -0.2) is 0 Å². The molecule has 1 fully saturated rings. The van der Waals surface area contributed by atoms with Gasteiger partial charge in [-0.2, -0.15) is 0 Å². The number of carbonyl (C=O) groups is 1. The fourth-order valence-electron chi connectivity index (χ4n) is 3.13. The fourth-order valence-corrected chi connectivity index (χ4v) is 3.13. The molecular formula is C19H27ClN4O3. The Kier molecular flexibility index (Phi) is 7.94. The molecule has 1 aliphatic heterocycles. The maximum absolute atomic E-state index is 12.9. The van der Waals surface area contributed by atoms with Gasteiger partial charge < -0.3 is 25.2 Å². The van der Waals surface area contributed by atoms with E-state index in [4.69, 9.17) is 15.0 Å². The molecule has 3 rings (SSSR count). The number of nitrogens with zero attached hydrogens (tertiary/aromatic N) is 2. The lowest BCUT2D eigenvalue weighted by atomic mass is 10.1. The number of halogens is 1. The van der Waals surface area contributed by atoms with Crippen molar-refractivity contribution in [1.82, 2.24) is 10.5 Å². The number of unbranched alkanes of at least 4 members (excludes halogenated alkanes) is 1. The summed E-state index contributed by atoms with van der Waals surface area (Å²) in [6.45, 7) is 2.99. The van der Waals surface area contributed by atoms with Crippen molar-refractivity contribution in [1.29, 1.82) is 0 Å². The molecule has 7 nitrogen and oxygen atoms in total. The third kappa shape index (κ3) is 4.93. The molecule has 8 heteroatoms. The van der Waals surface area contributed by atoms with Gasteiger partial charge in [-0.15, -0.1) is 12.4 Å². The van der Waals surface area contributed by atoms with E-state index < -0.39 is 0 Å². The standard InChI is InChI=1S/C19H26N4O3.ClH/c1-25-15-8-6-14(7-9-15)17-16(19(24)21-11-3-2-10-20)18(22-26-17)23-12-4-5-13-23;/h6-9H,2-5,10-13,20H2,1H3,(H,21,24);1H. The molecular weight excluding hydrogens is 368 g/mol. The summed E-state index contributed by atoms with van der Waals surface area (Å²) in [6.07, 6.45) is 3.93. The average molecular weight is 395 g/mol. The second kappa shape index (κ2) is 10.2. The quantitative estimate of drug-likeness (QED) is 0.668. The molecule has 1 aliphatic rings. The van der Waals surface area contributed by atoms with E-state index in [-0.39, 0.29) is 18.3 Å². The minimum Gasteiger partial charge on any atom is -0.497 e. The lowest BCUT2D eigenvalue weighted by Gasteiger charge is -2.15. The van der Waals surface area contributed by atoms with Crippen molar-refractivity contribution >= 4 is 24.1 Å². The van der Waals surface area contributed by atoms with Crippen LogP contribution in [0, 0.1) is 0 Å². The van der Waals surface area contributed by atoms with Gasteiger partial charge >= 0.3 is 0 Å². The van der Waals surface area contributed by atoms with Crippen LogP contribution in [0.3, 0.4) is 0 Å². The zero-order chi connectivity index (χ0) is 18.4. The summed E-state index contributed by atoms with van der Waals surface area (Å²) in [4.78, 5) is 15.0. The monoisotopic (exact) mass is 394 g/mol. The summed E-state index contributed by atoms with van der Waals surface area (Å²) >= 11 is 0. The van der Waals surface area contributed by atoms with Gasteiger partial charge in [-0.3, -0.25) is 4.79 Å². The van der Waals surface area contributed by atoms with Crippen molar-refractivity contribution < 1.29 is 14.1 Å². The molecule has 1 saturated heterocycles. The lowest BCUT2D eigenvalue weighted by molar-refractivity contribution is 0.0953. The molecule has 0 atom stereocenters. The lowest BCUT2D eigenvalue weighted by Crippen LogP contribution is -2.28. The minimum absolute atomic E-state index is 0. The number of benzene rings is 1. The zero-order valence-electron chi connectivity index (χ0n) is 15.6. The van der Waals surface area contributed by atoms with Crippen molar-refractivity contribution in [2.24, 2.45) is 5.73 Å². The number of aromatic nitrogens is 1. The van der Waals surface area contributed by atoms with E-state index in [1.54, 1.807) is 7.11 Å². The predicted molar refractivity (Wildman–Crippen MR) is 108 cm³/mol. The van der Waals surface area contributed by atoms with Crippen molar-refractivity contribution in [3.63, 3.8) is 0 Å². The van der Waals surface area contributed by atoms with Crippen LogP contribution < -0.4 is 20.7 Å². The Morgan fingerprint density at radius 3 is 2.59 bits per heavy atom. The molecule has 2 aromatic rings. The predicted octanol–water partition coefficient (Wildman–Crippen LogP) is 2.84. The highest BCUT2D eigenvalue weighted by Crippen LogP contribution is 2.33. The summed E-state index contributed by atoms with van der Waals surface area (Å²) < 4.78 is 10.8. The second-order valence-electron chi connectivity index (χ2n) is 6.38. The first-order chi connectivity index (χ1) is 12.7. The topological polar surface area (TPSA) is 93.6 Å². The fraction of sp³-hybridized carbons (Fsp3) is 0.474. The maximum Gasteiger partial charge on any atom is 0.259 e. The van der Waals surface area contributed by atoms with Crippen LogP contribution in [-0.2, 0) is 0 Å². The van der Waals surface area contributed by atoms with E-state index in [1.807, 2.05) is 24.3 Å². The second-order valence-corrected chi connectivity index (χ2v) is 6.38. The maximum atomic E-state index is 12.9. The van der Waals surface area contributed by atoms with Crippen LogP contribution in [0.15, 0.2) is 28.8 Å². The van der Waals surface area contributed by atoms with Gasteiger partial charge in [0, 0.05) is 25.2 Å². The molecule has 0 aliphatic carbocycles. The number of hydrogen-bond acceptors (Lipinski definition) is 6. The Morgan fingerprint density at radius 1 is 1.26 bits per heavy atom. The normalized spacial score (nSPS) is 13.3. The Bertz CT molecular complexity index is 727. The van der Waals surface area contributed by atoms with Crippen LogP contribution in [0.25, 0.3) is 11.3 Å². The molecule has 0 bridgehead atoms. The van der Waals surface area contributed by atoms with Gasteiger partial charge in [0.15, 0.2) is 11.6 Å². The number of anilines is 1. The van der Waals surface area contributed by atoms with E-state index in [9.17, 15) is 4.79 Å². The van der Waals surface area contributed by atoms with Crippen molar-refractivity contribution in [3.8, 4) is 17.1 Å². The zero-order valence-corrected chi connectivity index (χ0v) is 16.4. The number of nitrogens with one attached hydrogen (secondary N) is 1. The number of amides is 1. The number of nitrogens with two attached hydrogens (primary N) is 1. The van der Waals surface area contributed by atoms with Crippen LogP contribution in [0.4, 0.5) is 5.82 Å². The average Bonchev–Trinajstić information content (AvgIpc) is 3.34. The molecule has 0 radical (unpaired) electrons. The Hall–Kier alpha value is -2.25. The molecule has 1 amide bonds. The first-order valence-corrected chi connectivity index (χ1v) is 9.12. The van der Waals surface area contributed by atoms with Crippen molar-refractivity contribution in [3.05, 3.63) is 29.8 Å². The van der Waals surface area contributed by atoms with E-state index in [2.05, 4.69) is 15.4 Å². The highest BCUT2D eigenvalue weighted by atomic mass is 35.5. The number of hydrogen-bond donors (Lipinski definition) is 2. The van der Waals surface area contributed by atoms with Crippen LogP contribution in [-0.4, -0.2) is 44.4 Å². The summed E-state index contributed by atoms with van der Waals surface area (Å²) in [5.41, 5.74) is 6.82. The molecule has 2 heterocycles.